The second kappa shape index (κ2) is 4.99. The molecule has 1 unspecified atom stereocenters. The average Bonchev–Trinajstić information content (AvgIpc) is 3.08. The van der Waals surface area contributed by atoms with Gasteiger partial charge in [0.1, 0.15) is 5.76 Å². The zero-order valence-electron chi connectivity index (χ0n) is 12.7. The summed E-state index contributed by atoms with van der Waals surface area (Å²) in [4.78, 5) is 2.57. The second-order valence-corrected chi connectivity index (χ2v) is 6.66. The summed E-state index contributed by atoms with van der Waals surface area (Å²) in [5.41, 5.74) is 2.78. The zero-order chi connectivity index (χ0) is 14.4. The normalized spacial score (nSPS) is 32.5. The van der Waals surface area contributed by atoms with E-state index in [0.717, 1.165) is 11.8 Å². The van der Waals surface area contributed by atoms with Crippen LogP contribution in [0.25, 0.3) is 0 Å². The van der Waals surface area contributed by atoms with Gasteiger partial charge in [-0.25, -0.2) is 0 Å². The van der Waals surface area contributed by atoms with Crippen LogP contribution in [-0.4, -0.2) is 29.2 Å². The van der Waals surface area contributed by atoms with E-state index in [9.17, 15) is 0 Å². The van der Waals surface area contributed by atoms with Gasteiger partial charge in [-0.15, -0.1) is 0 Å². The Balaban J connectivity index is 1.75. The Morgan fingerprint density at radius 1 is 1.14 bits per heavy atom. The summed E-state index contributed by atoms with van der Waals surface area (Å²) < 4.78 is 5.57. The number of hydrogen-bond acceptors (Lipinski definition) is 3. The van der Waals surface area contributed by atoms with Gasteiger partial charge in [0.15, 0.2) is 0 Å². The van der Waals surface area contributed by atoms with Crippen molar-refractivity contribution in [1.29, 1.82) is 0 Å². The molecule has 4 rings (SSSR count). The average molecular weight is 282 g/mol. The van der Waals surface area contributed by atoms with Crippen LogP contribution in [0, 0.1) is 6.92 Å². The third-order valence-corrected chi connectivity index (χ3v) is 5.56. The van der Waals surface area contributed by atoms with Crippen LogP contribution in [0.1, 0.15) is 48.0 Å². The van der Waals surface area contributed by atoms with E-state index in [1.807, 2.05) is 0 Å². The molecule has 4 atom stereocenters. The van der Waals surface area contributed by atoms with Gasteiger partial charge in [0.25, 0.3) is 0 Å². The Hall–Kier alpha value is -1.61. The molecule has 2 aromatic rings. The molecule has 21 heavy (non-hydrogen) atoms. The Labute approximate surface area is 125 Å². The summed E-state index contributed by atoms with van der Waals surface area (Å²) in [5, 5.41) is 3.95. The lowest BCUT2D eigenvalue weighted by Crippen LogP contribution is -2.44. The summed E-state index contributed by atoms with van der Waals surface area (Å²) >= 11 is 0. The molecule has 1 aromatic heterocycles. The number of benzene rings is 1. The maximum atomic E-state index is 5.57. The first-order valence-electron chi connectivity index (χ1n) is 7.93. The van der Waals surface area contributed by atoms with Crippen LogP contribution in [-0.2, 0) is 0 Å². The molecule has 0 amide bonds. The van der Waals surface area contributed by atoms with E-state index >= 15 is 0 Å². The van der Waals surface area contributed by atoms with Crippen LogP contribution in [0.2, 0.25) is 0 Å². The first-order valence-corrected chi connectivity index (χ1v) is 7.93. The third-order valence-electron chi connectivity index (χ3n) is 5.56. The Kier molecular flexibility index (Phi) is 3.11. The number of hydrogen-bond donors (Lipinski definition) is 0. The van der Waals surface area contributed by atoms with Crippen LogP contribution >= 0.6 is 0 Å². The quantitative estimate of drug-likeness (QED) is 0.840. The number of nitrogens with zero attached hydrogens (tertiary/aromatic N) is 2. The minimum Gasteiger partial charge on any atom is -0.361 e. The maximum Gasteiger partial charge on any atom is 0.141 e. The molecule has 110 valence electrons. The maximum absolute atomic E-state index is 5.57. The van der Waals surface area contributed by atoms with Crippen LogP contribution in [0.4, 0.5) is 0 Å². The summed E-state index contributed by atoms with van der Waals surface area (Å²) in [6.07, 6.45) is 5.59. The predicted molar refractivity (Wildman–Crippen MR) is 82.4 cm³/mol. The molecule has 0 spiro atoms. The molecule has 0 N–H and O–H groups in total. The van der Waals surface area contributed by atoms with Crippen molar-refractivity contribution in [2.75, 3.05) is 7.05 Å². The van der Waals surface area contributed by atoms with Crippen molar-refractivity contribution in [2.24, 2.45) is 0 Å². The van der Waals surface area contributed by atoms with E-state index in [4.69, 9.17) is 4.52 Å². The number of likely N-dealkylation sites (N-methyl/N-ethyl adjacent to an activating group) is 1. The Morgan fingerprint density at radius 2 is 1.95 bits per heavy atom. The Morgan fingerprint density at radius 3 is 2.67 bits per heavy atom. The van der Waals surface area contributed by atoms with Gasteiger partial charge in [-0.3, -0.25) is 4.90 Å². The molecule has 0 radical (unpaired) electrons. The highest BCUT2D eigenvalue weighted by Crippen LogP contribution is 2.50. The number of piperidine rings is 1. The monoisotopic (exact) mass is 282 g/mol. The van der Waals surface area contributed by atoms with Gasteiger partial charge >= 0.3 is 0 Å². The fourth-order valence-electron chi connectivity index (χ4n) is 4.41. The molecule has 2 aliphatic heterocycles. The van der Waals surface area contributed by atoms with E-state index in [0.29, 0.717) is 17.9 Å². The molecular formula is C18H22N2O. The van der Waals surface area contributed by atoms with Crippen LogP contribution in [0.5, 0.6) is 0 Å². The lowest BCUT2D eigenvalue weighted by molar-refractivity contribution is 0.122. The second-order valence-electron chi connectivity index (χ2n) is 6.66. The third kappa shape index (κ3) is 2.11. The number of fused-ring (bicyclic) bond motifs is 2. The smallest absolute Gasteiger partial charge is 0.141 e. The fourth-order valence-corrected chi connectivity index (χ4v) is 4.41. The molecule has 3 nitrogen and oxygen atoms in total. The fraction of sp³-hybridized carbons (Fsp3) is 0.500. The largest absolute Gasteiger partial charge is 0.361 e. The molecule has 2 fully saturated rings. The van der Waals surface area contributed by atoms with E-state index in [1.165, 1.54) is 30.4 Å². The topological polar surface area (TPSA) is 29.3 Å². The van der Waals surface area contributed by atoms with E-state index in [1.54, 1.807) is 6.20 Å². The van der Waals surface area contributed by atoms with Gasteiger partial charge < -0.3 is 4.52 Å². The van der Waals surface area contributed by atoms with Crippen molar-refractivity contribution in [3.05, 3.63) is 53.4 Å². The van der Waals surface area contributed by atoms with Gasteiger partial charge in [0.2, 0.25) is 0 Å². The van der Waals surface area contributed by atoms with Crippen molar-refractivity contribution in [3.8, 4) is 0 Å². The highest BCUT2D eigenvalue weighted by Gasteiger charge is 2.47. The van der Waals surface area contributed by atoms with Crippen LogP contribution < -0.4 is 0 Å². The highest BCUT2D eigenvalue weighted by atomic mass is 16.5. The first kappa shape index (κ1) is 13.1. The molecule has 2 aliphatic rings. The number of aryl methyl sites for hydroxylation is 1. The summed E-state index contributed by atoms with van der Waals surface area (Å²) in [6.45, 7) is 2.15. The van der Waals surface area contributed by atoms with Crippen molar-refractivity contribution in [2.45, 2.75) is 50.1 Å². The van der Waals surface area contributed by atoms with Crippen molar-refractivity contribution >= 4 is 0 Å². The molecule has 3 heteroatoms. The summed E-state index contributed by atoms with van der Waals surface area (Å²) in [7, 11) is 2.27. The van der Waals surface area contributed by atoms with Gasteiger partial charge in [0, 0.05) is 24.1 Å². The van der Waals surface area contributed by atoms with Crippen molar-refractivity contribution < 1.29 is 4.52 Å². The van der Waals surface area contributed by atoms with Gasteiger partial charge in [-0.05, 0) is 44.7 Å². The molecule has 3 heterocycles. The number of aromatic nitrogens is 1. The Bertz CT molecular complexity index is 605. The van der Waals surface area contributed by atoms with E-state index < -0.39 is 0 Å². The van der Waals surface area contributed by atoms with Gasteiger partial charge in [0.05, 0.1) is 6.20 Å². The SMILES string of the molecule is Cc1ccc([C@H]2C[C@H]3CCC([C@H]2c2ccno2)N3C)cc1. The summed E-state index contributed by atoms with van der Waals surface area (Å²) in [5.74, 6) is 2.03. The van der Waals surface area contributed by atoms with Crippen LogP contribution in [0.3, 0.4) is 0 Å². The lowest BCUT2D eigenvalue weighted by Gasteiger charge is -2.42. The van der Waals surface area contributed by atoms with Crippen molar-refractivity contribution in [3.63, 3.8) is 0 Å². The minimum absolute atomic E-state index is 0.430. The molecule has 2 saturated heterocycles. The van der Waals surface area contributed by atoms with E-state index in [-0.39, 0.29) is 0 Å². The molecule has 2 bridgehead atoms. The summed E-state index contributed by atoms with van der Waals surface area (Å²) in [6, 6.07) is 12.4. The molecule has 1 aromatic carbocycles. The first-order chi connectivity index (χ1) is 10.2. The standard InChI is InChI=1S/C18H22N2O/c1-12-3-5-13(6-4-12)15-11-14-7-8-16(20(14)2)18(15)17-9-10-19-21-17/h3-6,9-10,14-16,18H,7-8,11H2,1-2H3/t14-,15-,16?,18+/m1/s1. The minimum atomic E-state index is 0.430. The zero-order valence-corrected chi connectivity index (χ0v) is 12.7. The number of rotatable bonds is 2. The van der Waals surface area contributed by atoms with Gasteiger partial charge in [-0.2, -0.15) is 0 Å². The molecule has 0 saturated carbocycles. The van der Waals surface area contributed by atoms with Crippen LogP contribution in [0.15, 0.2) is 41.1 Å². The van der Waals surface area contributed by atoms with Gasteiger partial charge in [-0.1, -0.05) is 35.0 Å². The molecule has 0 aliphatic carbocycles. The lowest BCUT2D eigenvalue weighted by atomic mass is 9.75. The molecular weight excluding hydrogens is 260 g/mol. The highest BCUT2D eigenvalue weighted by molar-refractivity contribution is 5.30. The van der Waals surface area contributed by atoms with Crippen molar-refractivity contribution in [1.82, 2.24) is 10.1 Å². The predicted octanol–water partition coefficient (Wildman–Crippen LogP) is 3.72. The van der Waals surface area contributed by atoms with E-state index in [2.05, 4.69) is 54.4 Å².